The molecule has 0 spiro atoms. The predicted octanol–water partition coefficient (Wildman–Crippen LogP) is 2.30. The molecule has 3 rings (SSSR count). The molecule has 1 aliphatic heterocycles. The van der Waals surface area contributed by atoms with Crippen molar-refractivity contribution in [1.29, 1.82) is 0 Å². The van der Waals surface area contributed by atoms with Gasteiger partial charge in [0.2, 0.25) is 5.95 Å². The fraction of sp³-hybridized carbons (Fsp3) is 0.353. The van der Waals surface area contributed by atoms with Crippen molar-refractivity contribution in [3.8, 4) is 0 Å². The molecule has 4 N–H and O–H groups in total. The first-order chi connectivity index (χ1) is 11.6. The van der Waals surface area contributed by atoms with Crippen LogP contribution in [0.1, 0.15) is 30.9 Å². The van der Waals surface area contributed by atoms with E-state index in [-0.39, 0.29) is 21.9 Å². The van der Waals surface area contributed by atoms with Crippen molar-refractivity contribution in [3.05, 3.63) is 45.7 Å². The normalized spacial score (nSPS) is 14.0. The van der Waals surface area contributed by atoms with Crippen molar-refractivity contribution in [2.45, 2.75) is 26.2 Å². The van der Waals surface area contributed by atoms with Gasteiger partial charge in [-0.3, -0.25) is 9.78 Å². The second-order valence-electron chi connectivity index (χ2n) is 5.85. The Morgan fingerprint density at radius 2 is 2.00 bits per heavy atom. The summed E-state index contributed by atoms with van der Waals surface area (Å²) >= 11 is 5.35. The maximum absolute atomic E-state index is 12.4. The van der Waals surface area contributed by atoms with Crippen LogP contribution in [0, 0.1) is 0 Å². The molecule has 0 saturated carbocycles. The predicted molar refractivity (Wildman–Crippen MR) is 102 cm³/mol. The van der Waals surface area contributed by atoms with Crippen LogP contribution in [-0.4, -0.2) is 28.0 Å². The van der Waals surface area contributed by atoms with Crippen LogP contribution in [-0.2, 0) is 6.42 Å². The van der Waals surface area contributed by atoms with Crippen molar-refractivity contribution in [3.63, 3.8) is 0 Å². The minimum atomic E-state index is -0.313. The number of nitrogens with one attached hydrogen (secondary N) is 2. The van der Waals surface area contributed by atoms with Crippen LogP contribution >= 0.6 is 12.2 Å². The average Bonchev–Trinajstić information content (AvgIpc) is 3.09. The summed E-state index contributed by atoms with van der Waals surface area (Å²) in [5, 5.41) is 3.06. The number of nitrogen functional groups attached to an aromatic ring is 1. The largest absolute Gasteiger partial charge is 0.383 e. The molecule has 6 nitrogen and oxygen atoms in total. The van der Waals surface area contributed by atoms with E-state index in [4.69, 9.17) is 18.0 Å². The molecule has 1 aromatic heterocycles. The van der Waals surface area contributed by atoms with Crippen molar-refractivity contribution in [2.24, 2.45) is 0 Å². The van der Waals surface area contributed by atoms with E-state index >= 15 is 0 Å². The first-order valence-electron chi connectivity index (χ1n) is 8.13. The van der Waals surface area contributed by atoms with Crippen LogP contribution in [0.5, 0.6) is 0 Å². The number of hydrogen-bond donors (Lipinski definition) is 3. The number of nitrogens with two attached hydrogens (primary N) is 1. The molecular formula is C17H21N5OS. The molecule has 126 valence electrons. The quantitative estimate of drug-likeness (QED) is 0.739. The van der Waals surface area contributed by atoms with Gasteiger partial charge in [0.25, 0.3) is 5.56 Å². The Balaban J connectivity index is 1.82. The number of anilines is 3. The molecule has 1 aromatic carbocycles. The van der Waals surface area contributed by atoms with Gasteiger partial charge in [-0.2, -0.15) is 4.98 Å². The highest BCUT2D eigenvalue weighted by Gasteiger charge is 2.19. The van der Waals surface area contributed by atoms with E-state index in [1.165, 1.54) is 5.56 Å². The molecule has 2 aromatic rings. The summed E-state index contributed by atoms with van der Waals surface area (Å²) in [6.45, 7) is 3.86. The van der Waals surface area contributed by atoms with Gasteiger partial charge in [0.05, 0.1) is 0 Å². The Morgan fingerprint density at radius 3 is 2.58 bits per heavy atom. The molecule has 0 atom stereocenters. The summed E-state index contributed by atoms with van der Waals surface area (Å²) in [5.74, 6) is 0.678. The number of hydrogen-bond acceptors (Lipinski definition) is 5. The molecule has 0 radical (unpaired) electrons. The van der Waals surface area contributed by atoms with E-state index in [1.54, 1.807) is 0 Å². The Bertz CT molecular complexity index is 794. The van der Waals surface area contributed by atoms with Gasteiger partial charge in [-0.15, -0.1) is 0 Å². The van der Waals surface area contributed by atoms with E-state index in [2.05, 4.69) is 22.2 Å². The second kappa shape index (κ2) is 7.00. The van der Waals surface area contributed by atoms with Crippen LogP contribution < -0.4 is 21.5 Å². The van der Waals surface area contributed by atoms with Gasteiger partial charge in [-0.25, -0.2) is 0 Å². The molecule has 0 bridgehead atoms. The number of aromatic nitrogens is 2. The third kappa shape index (κ3) is 3.41. The molecule has 1 saturated heterocycles. The molecule has 24 heavy (non-hydrogen) atoms. The lowest BCUT2D eigenvalue weighted by Gasteiger charge is -2.17. The van der Waals surface area contributed by atoms with Gasteiger partial charge in [0.1, 0.15) is 16.4 Å². The minimum Gasteiger partial charge on any atom is -0.383 e. The third-order valence-corrected chi connectivity index (χ3v) is 4.49. The van der Waals surface area contributed by atoms with Crippen LogP contribution in [0.3, 0.4) is 0 Å². The van der Waals surface area contributed by atoms with Gasteiger partial charge in [0.15, 0.2) is 0 Å². The number of thiocarbonyl (C=S) groups is 1. The highest BCUT2D eigenvalue weighted by Crippen LogP contribution is 2.18. The van der Waals surface area contributed by atoms with E-state index < -0.39 is 0 Å². The maximum atomic E-state index is 12.4. The van der Waals surface area contributed by atoms with Crippen LogP contribution in [0.15, 0.2) is 29.1 Å². The third-order valence-electron chi connectivity index (χ3n) is 4.19. The number of aromatic amines is 1. The topological polar surface area (TPSA) is 87.0 Å². The summed E-state index contributed by atoms with van der Waals surface area (Å²) in [7, 11) is 0. The lowest BCUT2D eigenvalue weighted by atomic mass is 10.1. The van der Waals surface area contributed by atoms with E-state index in [1.807, 2.05) is 29.2 Å². The minimum absolute atomic E-state index is 0.156. The van der Waals surface area contributed by atoms with E-state index in [9.17, 15) is 4.79 Å². The molecule has 7 heteroatoms. The van der Waals surface area contributed by atoms with Gasteiger partial charge < -0.3 is 16.0 Å². The maximum Gasteiger partial charge on any atom is 0.264 e. The molecule has 0 amide bonds. The number of aryl methyl sites for hydroxylation is 1. The van der Waals surface area contributed by atoms with Crippen LogP contribution in [0.2, 0.25) is 0 Å². The summed E-state index contributed by atoms with van der Waals surface area (Å²) in [6, 6.07) is 7.91. The molecule has 1 aliphatic rings. The van der Waals surface area contributed by atoms with Crippen molar-refractivity contribution >= 4 is 34.7 Å². The fourth-order valence-electron chi connectivity index (χ4n) is 2.79. The zero-order valence-electron chi connectivity index (χ0n) is 13.6. The van der Waals surface area contributed by atoms with Crippen molar-refractivity contribution in [2.75, 3.05) is 29.0 Å². The monoisotopic (exact) mass is 343 g/mol. The summed E-state index contributed by atoms with van der Waals surface area (Å²) < 4.78 is 0. The molecule has 1 fully saturated rings. The van der Waals surface area contributed by atoms with Gasteiger partial charge >= 0.3 is 0 Å². The number of H-pyrrole nitrogens is 1. The smallest absolute Gasteiger partial charge is 0.264 e. The zero-order valence-corrected chi connectivity index (χ0v) is 14.4. The Morgan fingerprint density at radius 1 is 1.33 bits per heavy atom. The number of nitrogens with zero attached hydrogens (tertiary/aromatic N) is 2. The SMILES string of the molecule is CCc1ccc(NC(=S)c2c(N)nc(N3CCCC3)[nH]c2=O)cc1. The summed E-state index contributed by atoms with van der Waals surface area (Å²) in [4.78, 5) is 21.8. The lowest BCUT2D eigenvalue weighted by Crippen LogP contribution is -2.30. The van der Waals surface area contributed by atoms with E-state index in [0.29, 0.717) is 5.95 Å². The van der Waals surface area contributed by atoms with Gasteiger partial charge in [-0.05, 0) is 37.0 Å². The Labute approximate surface area is 146 Å². The van der Waals surface area contributed by atoms with Crippen molar-refractivity contribution < 1.29 is 0 Å². The molecular weight excluding hydrogens is 322 g/mol. The average molecular weight is 343 g/mol. The van der Waals surface area contributed by atoms with Crippen molar-refractivity contribution in [1.82, 2.24) is 9.97 Å². The highest BCUT2D eigenvalue weighted by molar-refractivity contribution is 7.81. The van der Waals surface area contributed by atoms with E-state index in [0.717, 1.165) is 38.0 Å². The first kappa shape index (κ1) is 16.4. The first-order valence-corrected chi connectivity index (χ1v) is 8.54. The van der Waals surface area contributed by atoms with Gasteiger partial charge in [-0.1, -0.05) is 31.3 Å². The van der Waals surface area contributed by atoms with Gasteiger partial charge in [0, 0.05) is 18.8 Å². The Hall–Kier alpha value is -2.41. The summed E-state index contributed by atoms with van der Waals surface area (Å²) in [6.07, 6.45) is 3.16. The van der Waals surface area contributed by atoms with Crippen LogP contribution in [0.25, 0.3) is 0 Å². The summed E-state index contributed by atoms with van der Waals surface area (Å²) in [5.41, 5.74) is 7.96. The molecule has 0 aliphatic carbocycles. The van der Waals surface area contributed by atoms with Crippen LogP contribution in [0.4, 0.5) is 17.5 Å². The number of rotatable bonds is 4. The molecule has 0 unspecified atom stereocenters. The second-order valence-corrected chi connectivity index (χ2v) is 6.26. The molecule has 2 heterocycles. The standard InChI is InChI=1S/C17H21N5OS/c1-2-11-5-7-12(8-6-11)19-16(24)13-14(18)20-17(21-15(13)23)22-9-3-4-10-22/h5-8H,2-4,9-10H2,1H3,(H,19,24)(H3,18,20,21,23). The number of benzene rings is 1. The zero-order chi connectivity index (χ0) is 17.1. The fourth-order valence-corrected chi connectivity index (χ4v) is 3.11. The highest BCUT2D eigenvalue weighted by atomic mass is 32.1. The Kier molecular flexibility index (Phi) is 4.80. The lowest BCUT2D eigenvalue weighted by molar-refractivity contribution is 0.891.